The van der Waals surface area contributed by atoms with Crippen LogP contribution in [0.1, 0.15) is 32.3 Å². The summed E-state index contributed by atoms with van der Waals surface area (Å²) in [6.07, 6.45) is 1.97. The van der Waals surface area contributed by atoms with Crippen LogP contribution in [0, 0.1) is 17.6 Å². The van der Waals surface area contributed by atoms with Crippen molar-refractivity contribution in [1.29, 1.82) is 0 Å². The molecule has 0 heterocycles. The van der Waals surface area contributed by atoms with E-state index in [-0.39, 0.29) is 23.8 Å². The largest absolute Gasteiger partial charge is 0.487 e. The Morgan fingerprint density at radius 2 is 1.88 bits per heavy atom. The Hall–Kier alpha value is -1.16. The van der Waals surface area contributed by atoms with Crippen molar-refractivity contribution in [2.24, 2.45) is 5.92 Å². The summed E-state index contributed by atoms with van der Waals surface area (Å²) in [4.78, 5) is 0. The molecule has 1 atom stereocenters. The van der Waals surface area contributed by atoms with Crippen LogP contribution in [-0.4, -0.2) is 11.7 Å². The molecule has 0 aliphatic rings. The van der Waals surface area contributed by atoms with Gasteiger partial charge in [0.2, 0.25) is 0 Å². The summed E-state index contributed by atoms with van der Waals surface area (Å²) in [5.74, 6) is -1.63. The van der Waals surface area contributed by atoms with Crippen molar-refractivity contribution >= 4 is 0 Å². The first-order chi connectivity index (χ1) is 8.08. The molecule has 2 nitrogen and oxygen atoms in total. The molecule has 0 aliphatic heterocycles. The maximum Gasteiger partial charge on any atom is 0.190 e. The lowest BCUT2D eigenvalue weighted by Crippen LogP contribution is -2.10. The van der Waals surface area contributed by atoms with Gasteiger partial charge in [0.15, 0.2) is 17.4 Å². The molecule has 1 unspecified atom stereocenters. The van der Waals surface area contributed by atoms with Crippen LogP contribution in [0.15, 0.2) is 12.1 Å². The zero-order valence-electron chi connectivity index (χ0n) is 10.2. The van der Waals surface area contributed by atoms with Crippen LogP contribution in [0.4, 0.5) is 8.78 Å². The van der Waals surface area contributed by atoms with Gasteiger partial charge in [-0.3, -0.25) is 0 Å². The predicted octanol–water partition coefficient (Wildman–Crippen LogP) is 3.27. The third kappa shape index (κ3) is 3.97. The van der Waals surface area contributed by atoms with Crippen molar-refractivity contribution in [1.82, 2.24) is 0 Å². The zero-order valence-corrected chi connectivity index (χ0v) is 10.2. The highest BCUT2D eigenvalue weighted by Crippen LogP contribution is 2.24. The van der Waals surface area contributed by atoms with E-state index in [1.807, 2.05) is 13.8 Å². The Kier molecular flexibility index (Phi) is 5.35. The highest BCUT2D eigenvalue weighted by atomic mass is 19.1. The number of ether oxygens (including phenoxy) is 1. The molecular weight excluding hydrogens is 226 g/mol. The number of rotatable bonds is 6. The van der Waals surface area contributed by atoms with E-state index < -0.39 is 11.6 Å². The monoisotopic (exact) mass is 244 g/mol. The average Bonchev–Trinajstić information content (AvgIpc) is 2.28. The SMILES string of the molecule is CCCC(C)COc1c(F)cc(CO)cc1F. The molecule has 0 spiro atoms. The Morgan fingerprint density at radius 1 is 1.29 bits per heavy atom. The Balaban J connectivity index is 2.71. The number of benzene rings is 1. The molecule has 0 aliphatic carbocycles. The number of aliphatic hydroxyl groups is 1. The van der Waals surface area contributed by atoms with Gasteiger partial charge in [-0.05, 0) is 30.0 Å². The van der Waals surface area contributed by atoms with Gasteiger partial charge >= 0.3 is 0 Å². The first kappa shape index (κ1) is 13.9. The van der Waals surface area contributed by atoms with Crippen molar-refractivity contribution in [3.8, 4) is 5.75 Å². The Bertz CT molecular complexity index is 343. The van der Waals surface area contributed by atoms with Crippen LogP contribution >= 0.6 is 0 Å². The standard InChI is InChI=1S/C13H18F2O2/c1-3-4-9(2)8-17-13-11(14)5-10(7-16)6-12(13)15/h5-6,9,16H,3-4,7-8H2,1-2H3. The average molecular weight is 244 g/mol. The lowest BCUT2D eigenvalue weighted by molar-refractivity contribution is 0.229. The fourth-order valence-corrected chi connectivity index (χ4v) is 1.64. The van der Waals surface area contributed by atoms with E-state index in [0.717, 1.165) is 25.0 Å². The fourth-order valence-electron chi connectivity index (χ4n) is 1.64. The second kappa shape index (κ2) is 6.55. The van der Waals surface area contributed by atoms with E-state index in [2.05, 4.69) is 0 Å². The molecule has 0 saturated heterocycles. The summed E-state index contributed by atoms with van der Waals surface area (Å²) in [6, 6.07) is 2.17. The number of halogens is 2. The van der Waals surface area contributed by atoms with Gasteiger partial charge < -0.3 is 9.84 Å². The normalized spacial score (nSPS) is 12.5. The minimum absolute atomic E-state index is 0.203. The van der Waals surface area contributed by atoms with Crippen LogP contribution in [0.3, 0.4) is 0 Å². The molecule has 1 N–H and O–H groups in total. The van der Waals surface area contributed by atoms with Gasteiger partial charge in [-0.25, -0.2) is 8.78 Å². The number of aliphatic hydroxyl groups excluding tert-OH is 1. The summed E-state index contributed by atoms with van der Waals surface area (Å²) in [7, 11) is 0. The molecule has 0 radical (unpaired) electrons. The van der Waals surface area contributed by atoms with E-state index in [0.29, 0.717) is 6.61 Å². The minimum Gasteiger partial charge on any atom is -0.487 e. The highest BCUT2D eigenvalue weighted by Gasteiger charge is 2.13. The summed E-state index contributed by atoms with van der Waals surface area (Å²) in [5.41, 5.74) is 0.203. The van der Waals surface area contributed by atoms with Crippen LogP contribution in [-0.2, 0) is 6.61 Å². The number of hydrogen-bond donors (Lipinski definition) is 1. The zero-order chi connectivity index (χ0) is 12.8. The molecule has 0 aromatic heterocycles. The first-order valence-corrected chi connectivity index (χ1v) is 5.80. The quantitative estimate of drug-likeness (QED) is 0.832. The Labute approximate surface area is 100 Å². The van der Waals surface area contributed by atoms with Crippen molar-refractivity contribution in [3.63, 3.8) is 0 Å². The second-order valence-corrected chi connectivity index (χ2v) is 4.25. The van der Waals surface area contributed by atoms with Gasteiger partial charge in [-0.1, -0.05) is 20.3 Å². The summed E-state index contributed by atoms with van der Waals surface area (Å²) >= 11 is 0. The van der Waals surface area contributed by atoms with Crippen molar-refractivity contribution in [2.45, 2.75) is 33.3 Å². The van der Waals surface area contributed by atoms with Gasteiger partial charge in [0.25, 0.3) is 0 Å². The first-order valence-electron chi connectivity index (χ1n) is 5.80. The lowest BCUT2D eigenvalue weighted by atomic mass is 10.1. The van der Waals surface area contributed by atoms with Crippen LogP contribution < -0.4 is 4.74 Å². The molecule has 0 amide bonds. The van der Waals surface area contributed by atoms with E-state index in [4.69, 9.17) is 9.84 Å². The third-order valence-electron chi connectivity index (χ3n) is 2.53. The van der Waals surface area contributed by atoms with Gasteiger partial charge in [-0.15, -0.1) is 0 Å². The number of hydrogen-bond acceptors (Lipinski definition) is 2. The second-order valence-electron chi connectivity index (χ2n) is 4.25. The topological polar surface area (TPSA) is 29.5 Å². The molecular formula is C13H18F2O2. The third-order valence-corrected chi connectivity index (χ3v) is 2.53. The van der Waals surface area contributed by atoms with Crippen LogP contribution in [0.25, 0.3) is 0 Å². The molecule has 0 fully saturated rings. The molecule has 1 aromatic carbocycles. The van der Waals surface area contributed by atoms with Gasteiger partial charge in [0.05, 0.1) is 13.2 Å². The molecule has 17 heavy (non-hydrogen) atoms. The van der Waals surface area contributed by atoms with Crippen LogP contribution in [0.2, 0.25) is 0 Å². The molecule has 1 aromatic rings. The molecule has 0 bridgehead atoms. The fraction of sp³-hybridized carbons (Fsp3) is 0.538. The van der Waals surface area contributed by atoms with Gasteiger partial charge in [0.1, 0.15) is 0 Å². The molecule has 4 heteroatoms. The Morgan fingerprint density at radius 3 is 2.35 bits per heavy atom. The summed E-state index contributed by atoms with van der Waals surface area (Å²) in [6.45, 7) is 3.93. The summed E-state index contributed by atoms with van der Waals surface area (Å²) < 4.78 is 32.1. The smallest absolute Gasteiger partial charge is 0.190 e. The molecule has 96 valence electrons. The molecule has 0 saturated carbocycles. The van der Waals surface area contributed by atoms with Crippen molar-refractivity contribution < 1.29 is 18.6 Å². The maximum atomic E-state index is 13.5. The van der Waals surface area contributed by atoms with E-state index in [1.54, 1.807) is 0 Å². The van der Waals surface area contributed by atoms with Gasteiger partial charge in [-0.2, -0.15) is 0 Å². The van der Waals surface area contributed by atoms with E-state index in [9.17, 15) is 8.78 Å². The van der Waals surface area contributed by atoms with Crippen molar-refractivity contribution in [2.75, 3.05) is 6.61 Å². The van der Waals surface area contributed by atoms with Gasteiger partial charge in [0, 0.05) is 0 Å². The maximum absolute atomic E-state index is 13.5. The lowest BCUT2D eigenvalue weighted by Gasteiger charge is -2.13. The summed E-state index contributed by atoms with van der Waals surface area (Å²) in [5, 5.41) is 8.79. The van der Waals surface area contributed by atoms with E-state index in [1.165, 1.54) is 0 Å². The minimum atomic E-state index is -0.766. The van der Waals surface area contributed by atoms with E-state index >= 15 is 0 Å². The predicted molar refractivity (Wildman–Crippen MR) is 61.8 cm³/mol. The van der Waals surface area contributed by atoms with Crippen molar-refractivity contribution in [3.05, 3.63) is 29.3 Å². The molecule has 1 rings (SSSR count). The highest BCUT2D eigenvalue weighted by molar-refractivity contribution is 5.31. The van der Waals surface area contributed by atoms with Crippen LogP contribution in [0.5, 0.6) is 5.75 Å².